The first-order valence-electron chi connectivity index (χ1n) is 8.77. The van der Waals surface area contributed by atoms with Gasteiger partial charge in [0.1, 0.15) is 0 Å². The van der Waals surface area contributed by atoms with Gasteiger partial charge in [-0.1, -0.05) is 49.5 Å². The molecule has 0 unspecified atom stereocenters. The molecule has 0 amide bonds. The molecule has 3 nitrogen and oxygen atoms in total. The van der Waals surface area contributed by atoms with Crippen molar-refractivity contribution >= 4 is 29.9 Å². The van der Waals surface area contributed by atoms with E-state index in [2.05, 4.69) is 61.2 Å². The molecule has 0 aliphatic heterocycles. The van der Waals surface area contributed by atoms with E-state index < -0.39 is 8.32 Å². The summed E-state index contributed by atoms with van der Waals surface area (Å²) in [5.41, 5.74) is 1.67. The number of hydrogen-bond donors (Lipinski definition) is 1. The maximum atomic E-state index is 9.17. The molecule has 1 aromatic rings. The highest BCUT2D eigenvalue weighted by molar-refractivity contribution is 9.10. The van der Waals surface area contributed by atoms with Crippen LogP contribution >= 0.6 is 15.9 Å². The van der Waals surface area contributed by atoms with Crippen molar-refractivity contribution in [2.24, 2.45) is 0 Å². The van der Waals surface area contributed by atoms with E-state index in [9.17, 15) is 0 Å². The molecule has 0 spiro atoms. The van der Waals surface area contributed by atoms with Crippen LogP contribution in [0.5, 0.6) is 0 Å². The third-order valence-electron chi connectivity index (χ3n) is 5.33. The fraction of sp³-hybridized carbons (Fsp3) is 0.632. The van der Waals surface area contributed by atoms with Gasteiger partial charge in [0.05, 0.1) is 23.8 Å². The van der Waals surface area contributed by atoms with Gasteiger partial charge in [0, 0.05) is 10.2 Å². The van der Waals surface area contributed by atoms with E-state index in [1.807, 2.05) is 18.2 Å². The van der Waals surface area contributed by atoms with E-state index >= 15 is 0 Å². The van der Waals surface area contributed by atoms with Crippen LogP contribution in [0.3, 0.4) is 0 Å². The fourth-order valence-electron chi connectivity index (χ4n) is 2.91. The van der Waals surface area contributed by atoms with Crippen molar-refractivity contribution in [2.75, 3.05) is 5.32 Å². The minimum Gasteiger partial charge on any atom is -0.412 e. The zero-order valence-corrected chi connectivity index (χ0v) is 18.0. The molecule has 0 radical (unpaired) electrons. The van der Waals surface area contributed by atoms with Gasteiger partial charge in [-0.2, -0.15) is 5.26 Å². The zero-order valence-electron chi connectivity index (χ0n) is 15.4. The number of nitrogens with zero attached hydrogens (tertiary/aromatic N) is 1. The summed E-state index contributed by atoms with van der Waals surface area (Å²) in [6.07, 6.45) is 4.95. The van der Waals surface area contributed by atoms with E-state index in [1.54, 1.807) is 0 Å². The van der Waals surface area contributed by atoms with E-state index in [0.717, 1.165) is 23.0 Å². The molecule has 1 aliphatic carbocycles. The fourth-order valence-corrected chi connectivity index (χ4v) is 4.80. The van der Waals surface area contributed by atoms with Crippen molar-refractivity contribution in [3.63, 3.8) is 0 Å². The number of anilines is 1. The Kier molecular flexibility index (Phi) is 6.17. The number of nitrogens with one attached hydrogen (secondary N) is 1. The minimum atomic E-state index is -1.78. The van der Waals surface area contributed by atoms with Crippen molar-refractivity contribution in [3.8, 4) is 6.07 Å². The first-order valence-corrected chi connectivity index (χ1v) is 12.5. The quantitative estimate of drug-likeness (QED) is 0.614. The predicted octanol–water partition coefficient (Wildman–Crippen LogP) is 6.07. The molecule has 24 heavy (non-hydrogen) atoms. The highest BCUT2D eigenvalue weighted by Gasteiger charge is 2.41. The van der Waals surface area contributed by atoms with Crippen LogP contribution in [0.4, 0.5) is 5.69 Å². The van der Waals surface area contributed by atoms with Gasteiger partial charge in [-0.3, -0.25) is 0 Å². The summed E-state index contributed by atoms with van der Waals surface area (Å²) in [5.74, 6) is 0. The van der Waals surface area contributed by atoms with Gasteiger partial charge in [0.2, 0.25) is 0 Å². The second kappa shape index (κ2) is 7.59. The standard InChI is InChI=1S/C19H29BrN2OSi/c1-19(2,3)24(4,5)23-18-9-7-6-8-17(18)22-16-11-14(13-21)10-15(20)12-16/h10-12,17-18,22H,6-9H2,1-5H3/t17-,18-/m0/s1. The van der Waals surface area contributed by atoms with Crippen molar-refractivity contribution in [1.82, 2.24) is 0 Å². The third-order valence-corrected chi connectivity index (χ3v) is 10.3. The Bertz CT molecular complexity index is 619. The Labute approximate surface area is 156 Å². The predicted molar refractivity (Wildman–Crippen MR) is 107 cm³/mol. The molecule has 1 aliphatic rings. The SMILES string of the molecule is CC(C)(C)[Si](C)(C)O[C@H]1CCCC[C@@H]1Nc1cc(Br)cc(C#N)c1. The summed E-state index contributed by atoms with van der Waals surface area (Å²) in [4.78, 5) is 0. The summed E-state index contributed by atoms with van der Waals surface area (Å²) >= 11 is 3.49. The molecule has 1 N–H and O–H groups in total. The molecule has 5 heteroatoms. The number of hydrogen-bond acceptors (Lipinski definition) is 3. The topological polar surface area (TPSA) is 45.0 Å². The zero-order chi connectivity index (χ0) is 18.0. The van der Waals surface area contributed by atoms with Crippen LogP contribution in [0.25, 0.3) is 0 Å². The smallest absolute Gasteiger partial charge is 0.192 e. The molecular weight excluding hydrogens is 380 g/mol. The number of rotatable bonds is 4. The van der Waals surface area contributed by atoms with Crippen molar-refractivity contribution < 1.29 is 4.43 Å². The van der Waals surface area contributed by atoms with Gasteiger partial charge in [-0.05, 0) is 49.2 Å². The monoisotopic (exact) mass is 408 g/mol. The molecule has 0 aromatic heterocycles. The summed E-state index contributed by atoms with van der Waals surface area (Å²) < 4.78 is 7.65. The van der Waals surface area contributed by atoms with Crippen molar-refractivity contribution in [2.45, 2.75) is 76.7 Å². The minimum absolute atomic E-state index is 0.221. The molecule has 1 saturated carbocycles. The van der Waals surface area contributed by atoms with Gasteiger partial charge < -0.3 is 9.74 Å². The van der Waals surface area contributed by atoms with Crippen LogP contribution in [0, 0.1) is 11.3 Å². The summed E-state index contributed by atoms with van der Waals surface area (Å²) in [7, 11) is -1.78. The third kappa shape index (κ3) is 4.84. The molecule has 0 saturated heterocycles. The van der Waals surface area contributed by atoms with Crippen LogP contribution in [0.2, 0.25) is 18.1 Å². The van der Waals surface area contributed by atoms with Crippen molar-refractivity contribution in [3.05, 3.63) is 28.2 Å². The molecule has 0 heterocycles. The molecule has 0 bridgehead atoms. The summed E-state index contributed by atoms with van der Waals surface area (Å²) in [5, 5.41) is 13.0. The lowest BCUT2D eigenvalue weighted by atomic mass is 9.92. The second-order valence-corrected chi connectivity index (χ2v) is 14.0. The average molecular weight is 409 g/mol. The Morgan fingerprint density at radius 1 is 1.21 bits per heavy atom. The largest absolute Gasteiger partial charge is 0.412 e. The average Bonchev–Trinajstić information content (AvgIpc) is 2.47. The lowest BCUT2D eigenvalue weighted by Gasteiger charge is -2.43. The van der Waals surface area contributed by atoms with Gasteiger partial charge in [0.25, 0.3) is 0 Å². The Morgan fingerprint density at radius 2 is 1.88 bits per heavy atom. The maximum Gasteiger partial charge on any atom is 0.192 e. The van der Waals surface area contributed by atoms with Crippen LogP contribution in [-0.4, -0.2) is 20.5 Å². The van der Waals surface area contributed by atoms with Gasteiger partial charge in [-0.25, -0.2) is 0 Å². The maximum absolute atomic E-state index is 9.17. The molecule has 2 atom stereocenters. The summed E-state index contributed by atoms with van der Waals surface area (Å²) in [6, 6.07) is 8.34. The first kappa shape index (κ1) is 19.5. The highest BCUT2D eigenvalue weighted by atomic mass is 79.9. The van der Waals surface area contributed by atoms with Crippen LogP contribution in [-0.2, 0) is 4.43 Å². The molecule has 1 aromatic carbocycles. The lowest BCUT2D eigenvalue weighted by molar-refractivity contribution is 0.124. The Hall–Kier alpha value is -0.833. The normalized spacial score (nSPS) is 22.0. The first-order chi connectivity index (χ1) is 11.1. The lowest BCUT2D eigenvalue weighted by Crippen LogP contribution is -2.49. The van der Waals surface area contributed by atoms with Crippen molar-refractivity contribution in [1.29, 1.82) is 5.26 Å². The van der Waals surface area contributed by atoms with Crippen LogP contribution < -0.4 is 5.32 Å². The molecule has 2 rings (SSSR count). The number of benzene rings is 1. The van der Waals surface area contributed by atoms with E-state index in [1.165, 1.54) is 12.8 Å². The highest BCUT2D eigenvalue weighted by Crippen LogP contribution is 2.39. The van der Waals surface area contributed by atoms with E-state index in [4.69, 9.17) is 9.69 Å². The Morgan fingerprint density at radius 3 is 2.50 bits per heavy atom. The van der Waals surface area contributed by atoms with Gasteiger partial charge in [-0.15, -0.1) is 0 Å². The van der Waals surface area contributed by atoms with E-state index in [0.29, 0.717) is 11.6 Å². The molecule has 1 fully saturated rings. The molecule has 132 valence electrons. The van der Waals surface area contributed by atoms with Gasteiger partial charge >= 0.3 is 0 Å². The van der Waals surface area contributed by atoms with E-state index in [-0.39, 0.29) is 11.1 Å². The molecular formula is C19H29BrN2OSi. The van der Waals surface area contributed by atoms with Crippen LogP contribution in [0.15, 0.2) is 22.7 Å². The number of nitriles is 1. The van der Waals surface area contributed by atoms with Crippen LogP contribution in [0.1, 0.15) is 52.0 Å². The van der Waals surface area contributed by atoms with Gasteiger partial charge in [0.15, 0.2) is 8.32 Å². The second-order valence-electron chi connectivity index (χ2n) is 8.29. The Balaban J connectivity index is 2.15. The summed E-state index contributed by atoms with van der Waals surface area (Å²) in [6.45, 7) is 11.5. The number of halogens is 1.